The molecule has 4 rings (SSSR count). The van der Waals surface area contributed by atoms with Gasteiger partial charge in [-0.05, 0) is 48.4 Å². The van der Waals surface area contributed by atoms with Crippen molar-refractivity contribution in [3.63, 3.8) is 0 Å². The van der Waals surface area contributed by atoms with E-state index in [4.69, 9.17) is 4.74 Å². The summed E-state index contributed by atoms with van der Waals surface area (Å²) in [7, 11) is 0. The average Bonchev–Trinajstić information content (AvgIpc) is 3.14. The van der Waals surface area contributed by atoms with Crippen molar-refractivity contribution in [3.05, 3.63) is 59.4 Å². The number of aromatic nitrogens is 2. The molecule has 3 aromatic rings. The third-order valence-corrected chi connectivity index (χ3v) is 4.00. The van der Waals surface area contributed by atoms with Gasteiger partial charge in [-0.25, -0.2) is 4.98 Å². The Kier molecular flexibility index (Phi) is 3.13. The molecule has 23 heavy (non-hydrogen) atoms. The number of hydrogen-bond donors (Lipinski definition) is 1. The van der Waals surface area contributed by atoms with Crippen LogP contribution in [0.15, 0.2) is 42.5 Å². The van der Waals surface area contributed by atoms with Crippen LogP contribution >= 0.6 is 0 Å². The molecular weight excluding hydrogens is 286 g/mol. The second-order valence-corrected chi connectivity index (χ2v) is 5.77. The second kappa shape index (κ2) is 5.29. The van der Waals surface area contributed by atoms with Crippen LogP contribution in [0.25, 0.3) is 22.7 Å². The van der Waals surface area contributed by atoms with E-state index in [2.05, 4.69) is 29.0 Å². The molecule has 0 fully saturated rings. The van der Waals surface area contributed by atoms with E-state index in [0.717, 1.165) is 28.8 Å². The molecule has 2 aromatic carbocycles. The van der Waals surface area contributed by atoms with Crippen LogP contribution in [-0.4, -0.2) is 16.1 Å². The highest BCUT2D eigenvalue weighted by atomic mass is 16.5. The summed E-state index contributed by atoms with van der Waals surface area (Å²) in [6.07, 6.45) is 2.99. The molecular formula is C19H15N3O. The number of para-hydroxylation sites is 2. The van der Waals surface area contributed by atoms with Crippen molar-refractivity contribution in [2.24, 2.45) is 0 Å². The SMILES string of the molecule is CC1Cc2cc(C=C(C#N)c3nc4ccccc4[nH]3)ccc2O1. The molecule has 0 aliphatic carbocycles. The number of rotatable bonds is 2. The van der Waals surface area contributed by atoms with Gasteiger partial charge in [0.05, 0.1) is 16.6 Å². The summed E-state index contributed by atoms with van der Waals surface area (Å²) >= 11 is 0. The highest BCUT2D eigenvalue weighted by Crippen LogP contribution is 2.30. The monoisotopic (exact) mass is 301 g/mol. The zero-order valence-corrected chi connectivity index (χ0v) is 12.7. The maximum Gasteiger partial charge on any atom is 0.149 e. The summed E-state index contributed by atoms with van der Waals surface area (Å²) < 4.78 is 5.71. The maximum atomic E-state index is 9.50. The van der Waals surface area contributed by atoms with Crippen LogP contribution < -0.4 is 4.74 Å². The Morgan fingerprint density at radius 1 is 1.35 bits per heavy atom. The van der Waals surface area contributed by atoms with Gasteiger partial charge in [-0.3, -0.25) is 0 Å². The number of fused-ring (bicyclic) bond motifs is 2. The van der Waals surface area contributed by atoms with Gasteiger partial charge in [-0.2, -0.15) is 5.26 Å². The van der Waals surface area contributed by atoms with Crippen LogP contribution in [0.4, 0.5) is 0 Å². The fraction of sp³-hybridized carbons (Fsp3) is 0.158. The predicted molar refractivity (Wildman–Crippen MR) is 89.8 cm³/mol. The summed E-state index contributed by atoms with van der Waals surface area (Å²) in [5.41, 5.74) is 4.49. The summed E-state index contributed by atoms with van der Waals surface area (Å²) in [5.74, 6) is 1.54. The van der Waals surface area contributed by atoms with Gasteiger partial charge in [0.2, 0.25) is 0 Å². The Morgan fingerprint density at radius 3 is 3.04 bits per heavy atom. The highest BCUT2D eigenvalue weighted by molar-refractivity contribution is 5.90. The minimum absolute atomic E-state index is 0.218. The van der Waals surface area contributed by atoms with E-state index >= 15 is 0 Å². The van der Waals surface area contributed by atoms with E-state index in [1.807, 2.05) is 42.5 Å². The van der Waals surface area contributed by atoms with Crippen LogP contribution in [0.3, 0.4) is 0 Å². The molecule has 0 saturated heterocycles. The molecule has 0 amide bonds. The topological polar surface area (TPSA) is 61.7 Å². The largest absolute Gasteiger partial charge is 0.490 e. The summed E-state index contributed by atoms with van der Waals surface area (Å²) in [6.45, 7) is 2.06. The standard InChI is InChI=1S/C19H15N3O/c1-12-8-14-9-13(6-7-18(14)23-12)10-15(11-20)19-21-16-4-2-3-5-17(16)22-19/h2-7,9-10,12H,8H2,1H3,(H,21,22). The van der Waals surface area contributed by atoms with Crippen molar-refractivity contribution in [2.45, 2.75) is 19.4 Å². The van der Waals surface area contributed by atoms with E-state index in [9.17, 15) is 5.26 Å². The lowest BCUT2D eigenvalue weighted by molar-refractivity contribution is 0.254. The molecule has 1 aromatic heterocycles. The average molecular weight is 301 g/mol. The highest BCUT2D eigenvalue weighted by Gasteiger charge is 2.18. The molecule has 1 N–H and O–H groups in total. The second-order valence-electron chi connectivity index (χ2n) is 5.77. The Morgan fingerprint density at radius 2 is 2.22 bits per heavy atom. The third kappa shape index (κ3) is 2.47. The molecule has 2 heterocycles. The van der Waals surface area contributed by atoms with E-state index in [0.29, 0.717) is 11.4 Å². The summed E-state index contributed by atoms with van der Waals surface area (Å²) in [5, 5.41) is 9.50. The molecule has 1 atom stereocenters. The number of allylic oxidation sites excluding steroid dienone is 1. The molecule has 0 bridgehead atoms. The van der Waals surface area contributed by atoms with E-state index < -0.39 is 0 Å². The van der Waals surface area contributed by atoms with E-state index in [1.54, 1.807) is 0 Å². The molecule has 0 spiro atoms. The number of H-pyrrole nitrogens is 1. The van der Waals surface area contributed by atoms with Gasteiger partial charge in [0.1, 0.15) is 23.7 Å². The molecule has 0 saturated carbocycles. The van der Waals surface area contributed by atoms with Crippen molar-refractivity contribution < 1.29 is 4.74 Å². The zero-order valence-electron chi connectivity index (χ0n) is 12.7. The first-order valence-electron chi connectivity index (χ1n) is 7.59. The molecule has 4 heteroatoms. The van der Waals surface area contributed by atoms with Gasteiger partial charge in [0.15, 0.2) is 0 Å². The van der Waals surface area contributed by atoms with Crippen molar-refractivity contribution in [3.8, 4) is 11.8 Å². The van der Waals surface area contributed by atoms with Crippen LogP contribution in [-0.2, 0) is 6.42 Å². The maximum absolute atomic E-state index is 9.50. The minimum Gasteiger partial charge on any atom is -0.490 e. The Labute approximate surface area is 134 Å². The Hall–Kier alpha value is -3.06. The van der Waals surface area contributed by atoms with Gasteiger partial charge >= 0.3 is 0 Å². The molecule has 112 valence electrons. The van der Waals surface area contributed by atoms with Gasteiger partial charge in [0.25, 0.3) is 0 Å². The first-order chi connectivity index (χ1) is 11.2. The lowest BCUT2D eigenvalue weighted by Gasteiger charge is -2.02. The number of imidazole rings is 1. The number of hydrogen-bond acceptors (Lipinski definition) is 3. The number of ether oxygens (including phenoxy) is 1. The lowest BCUT2D eigenvalue weighted by atomic mass is 10.0. The molecule has 1 aliphatic rings. The van der Waals surface area contributed by atoms with Crippen LogP contribution in [0, 0.1) is 11.3 Å². The first-order valence-corrected chi connectivity index (χ1v) is 7.59. The molecule has 1 aliphatic heterocycles. The molecule has 0 radical (unpaired) electrons. The molecule has 1 unspecified atom stereocenters. The van der Waals surface area contributed by atoms with Crippen LogP contribution in [0.5, 0.6) is 5.75 Å². The van der Waals surface area contributed by atoms with Crippen molar-refractivity contribution >= 4 is 22.7 Å². The van der Waals surface area contributed by atoms with E-state index in [-0.39, 0.29) is 6.10 Å². The predicted octanol–water partition coefficient (Wildman–Crippen LogP) is 3.95. The van der Waals surface area contributed by atoms with Gasteiger partial charge in [-0.15, -0.1) is 0 Å². The van der Waals surface area contributed by atoms with Gasteiger partial charge in [-0.1, -0.05) is 18.2 Å². The van der Waals surface area contributed by atoms with E-state index in [1.165, 1.54) is 5.56 Å². The van der Waals surface area contributed by atoms with Crippen molar-refractivity contribution in [2.75, 3.05) is 0 Å². The lowest BCUT2D eigenvalue weighted by Crippen LogP contribution is -2.05. The number of benzene rings is 2. The minimum atomic E-state index is 0.218. The van der Waals surface area contributed by atoms with Crippen molar-refractivity contribution in [1.82, 2.24) is 9.97 Å². The number of aromatic amines is 1. The smallest absolute Gasteiger partial charge is 0.149 e. The Bertz CT molecular complexity index is 929. The fourth-order valence-corrected chi connectivity index (χ4v) is 2.93. The summed E-state index contributed by atoms with van der Waals surface area (Å²) in [6, 6.07) is 16.0. The molecule has 4 nitrogen and oxygen atoms in total. The van der Waals surface area contributed by atoms with Gasteiger partial charge in [0, 0.05) is 6.42 Å². The zero-order chi connectivity index (χ0) is 15.8. The quantitative estimate of drug-likeness (QED) is 0.729. The number of nitrogens with one attached hydrogen (secondary N) is 1. The van der Waals surface area contributed by atoms with Crippen LogP contribution in [0.2, 0.25) is 0 Å². The Balaban J connectivity index is 1.74. The van der Waals surface area contributed by atoms with Crippen LogP contribution in [0.1, 0.15) is 23.9 Å². The fourth-order valence-electron chi connectivity index (χ4n) is 2.93. The van der Waals surface area contributed by atoms with Crippen molar-refractivity contribution in [1.29, 1.82) is 5.26 Å². The number of nitriles is 1. The normalized spacial score (nSPS) is 16.9. The summed E-state index contributed by atoms with van der Waals surface area (Å²) in [4.78, 5) is 7.69. The first kappa shape index (κ1) is 13.6. The van der Waals surface area contributed by atoms with Gasteiger partial charge < -0.3 is 9.72 Å². The third-order valence-electron chi connectivity index (χ3n) is 4.00. The number of nitrogens with zero attached hydrogens (tertiary/aromatic N) is 2.